The average molecular weight is 256 g/mol. The Morgan fingerprint density at radius 3 is 1.71 bits per heavy atom. The van der Waals surface area contributed by atoms with Crippen LogP contribution in [0.1, 0.15) is 26.2 Å². The van der Waals surface area contributed by atoms with E-state index in [0.717, 1.165) is 12.8 Å². The molecule has 0 amide bonds. The first-order valence-electron chi connectivity index (χ1n) is 3.75. The minimum atomic E-state index is -3.51. The summed E-state index contributed by atoms with van der Waals surface area (Å²) in [6.07, 6.45) is 3.33. The molecule has 0 bridgehead atoms. The van der Waals surface area contributed by atoms with Gasteiger partial charge in [0.1, 0.15) is 16.5 Å². The Balaban J connectivity index is -0.000000163. The maximum atomic E-state index is 9.29. The van der Waals surface area contributed by atoms with Gasteiger partial charge in [-0.2, -0.15) is 0 Å². The number of unbranched alkanes of at least 4 members (excludes halogenated alkanes) is 2. The molecule has 0 aliphatic carbocycles. The fourth-order valence-corrected chi connectivity index (χ4v) is 0.974. The van der Waals surface area contributed by atoms with E-state index in [1.165, 1.54) is 6.42 Å². The number of aliphatic hydroxyl groups excluding tert-OH is 1. The Bertz CT molecular complexity index is 139. The van der Waals surface area contributed by atoms with Crippen molar-refractivity contribution in [3.63, 3.8) is 0 Å². The Kier molecular flexibility index (Phi) is 24.1. The molecule has 2 unspecified atom stereocenters. The van der Waals surface area contributed by atoms with Crippen LogP contribution in [0, 0.1) is 0 Å². The summed E-state index contributed by atoms with van der Waals surface area (Å²) in [5, 5.41) is 8.20. The molecule has 82 valence electrons. The largest absolute Gasteiger partial charge is 2.00 e. The first-order chi connectivity index (χ1) is 6.04. The predicted molar refractivity (Wildman–Crippen MR) is 51.5 cm³/mol. The Labute approximate surface area is 101 Å². The van der Waals surface area contributed by atoms with Crippen LogP contribution in [0.3, 0.4) is 0 Å². The predicted octanol–water partition coefficient (Wildman–Crippen LogP) is -0.709. The second kappa shape index (κ2) is 16.5. The molecule has 0 radical (unpaired) electrons. The van der Waals surface area contributed by atoms with Crippen molar-refractivity contribution in [3.05, 3.63) is 0 Å². The molecule has 9 heteroatoms. The molecule has 0 saturated carbocycles. The first kappa shape index (κ1) is 20.5. The number of hydrogen-bond donors (Lipinski definition) is 1. The van der Waals surface area contributed by atoms with Crippen molar-refractivity contribution in [2.45, 2.75) is 26.2 Å². The minimum Gasteiger partial charge on any atom is -0.781 e. The van der Waals surface area contributed by atoms with Crippen LogP contribution in [0.2, 0.25) is 0 Å². The summed E-state index contributed by atoms with van der Waals surface area (Å²) in [5.41, 5.74) is 0. The molecule has 0 rings (SSSR count). The van der Waals surface area contributed by atoms with Crippen LogP contribution >= 0.6 is 16.5 Å². The molecule has 0 saturated heterocycles. The molecule has 0 fully saturated rings. The minimum absolute atomic E-state index is 0. The number of rotatable bonds is 5. The molecule has 0 aromatic heterocycles. The summed E-state index contributed by atoms with van der Waals surface area (Å²) >= 11 is 0. The van der Waals surface area contributed by atoms with Crippen molar-refractivity contribution < 1.29 is 28.3 Å². The number of hydrogen-bond acceptors (Lipinski definition) is 6. The van der Waals surface area contributed by atoms with E-state index in [4.69, 9.17) is 5.11 Å². The van der Waals surface area contributed by atoms with E-state index >= 15 is 0 Å². The zero-order chi connectivity index (χ0) is 10.7. The zero-order valence-electron chi connectivity index (χ0n) is 8.02. The maximum absolute atomic E-state index is 9.29. The van der Waals surface area contributed by atoms with Gasteiger partial charge in [-0.3, -0.25) is 4.31 Å². The van der Waals surface area contributed by atoms with E-state index in [0.29, 0.717) is 6.61 Å². The second-order valence-corrected chi connectivity index (χ2v) is 3.85. The van der Waals surface area contributed by atoms with Gasteiger partial charge in [-0.1, -0.05) is 19.8 Å². The summed E-state index contributed by atoms with van der Waals surface area (Å²) in [6.45, 7) is 2.48. The first-order valence-corrected chi connectivity index (χ1v) is 6.20. The molecule has 0 aromatic rings. The molecular formula is C5H14MgO6P2. The Morgan fingerprint density at radius 1 is 1.21 bits per heavy atom. The SMILES string of the molecule is CCCCCO.O=[PH]([O-])O[PH](=O)[O-].[Mg+2]. The Morgan fingerprint density at radius 2 is 1.64 bits per heavy atom. The Hall–Kier alpha value is 1.07. The van der Waals surface area contributed by atoms with Gasteiger partial charge in [-0.25, -0.2) is 0 Å². The van der Waals surface area contributed by atoms with Crippen LogP contribution in [0.4, 0.5) is 0 Å². The van der Waals surface area contributed by atoms with Crippen molar-refractivity contribution in [3.8, 4) is 0 Å². The van der Waals surface area contributed by atoms with E-state index < -0.39 is 16.5 Å². The molecule has 0 aromatic carbocycles. The summed E-state index contributed by atoms with van der Waals surface area (Å²) in [7, 11) is -7.03. The topological polar surface area (TPSA) is 110 Å². The van der Waals surface area contributed by atoms with Crippen LogP contribution in [-0.2, 0) is 13.4 Å². The quantitative estimate of drug-likeness (QED) is 0.395. The standard InChI is InChI=1S/C5H12O.Mg.H4O5P2/c1-2-3-4-5-6;;1-6(2)5-7(3)4/h6H,2-5H2,1H3;;6-7H,(H,1,2)(H,3,4)/q;+2;/p-2. The summed E-state index contributed by atoms with van der Waals surface area (Å²) in [6, 6.07) is 0. The van der Waals surface area contributed by atoms with E-state index in [-0.39, 0.29) is 23.1 Å². The van der Waals surface area contributed by atoms with Crippen molar-refractivity contribution in [2.24, 2.45) is 0 Å². The second-order valence-electron chi connectivity index (χ2n) is 2.03. The fourth-order valence-electron chi connectivity index (χ4n) is 0.430. The van der Waals surface area contributed by atoms with Crippen LogP contribution in [0.15, 0.2) is 0 Å². The van der Waals surface area contributed by atoms with Crippen molar-refractivity contribution in [2.75, 3.05) is 6.61 Å². The van der Waals surface area contributed by atoms with Gasteiger partial charge in [-0.15, -0.1) is 0 Å². The van der Waals surface area contributed by atoms with Crippen LogP contribution in [0.5, 0.6) is 0 Å². The summed E-state index contributed by atoms with van der Waals surface area (Å²) in [5.74, 6) is 0. The molecule has 0 spiro atoms. The van der Waals surface area contributed by atoms with E-state index in [1.807, 2.05) is 0 Å². The molecule has 1 N–H and O–H groups in total. The van der Waals surface area contributed by atoms with E-state index in [9.17, 15) is 18.9 Å². The van der Waals surface area contributed by atoms with Gasteiger partial charge in [0.05, 0.1) is 0 Å². The van der Waals surface area contributed by atoms with Gasteiger partial charge < -0.3 is 24.0 Å². The third-order valence-corrected chi connectivity index (χ3v) is 2.26. The van der Waals surface area contributed by atoms with Gasteiger partial charge in [0, 0.05) is 6.61 Å². The third kappa shape index (κ3) is 29.2. The number of aliphatic hydroxyl groups is 1. The molecule has 0 aliphatic heterocycles. The van der Waals surface area contributed by atoms with Gasteiger partial charge >= 0.3 is 23.1 Å². The molecule has 0 heterocycles. The van der Waals surface area contributed by atoms with Gasteiger partial charge in [0.2, 0.25) is 0 Å². The third-order valence-electron chi connectivity index (χ3n) is 0.928. The van der Waals surface area contributed by atoms with Crippen molar-refractivity contribution >= 4 is 39.6 Å². The molecule has 2 atom stereocenters. The van der Waals surface area contributed by atoms with Crippen LogP contribution in [0.25, 0.3) is 0 Å². The fraction of sp³-hybridized carbons (Fsp3) is 1.00. The van der Waals surface area contributed by atoms with Gasteiger partial charge in [0.15, 0.2) is 0 Å². The monoisotopic (exact) mass is 256 g/mol. The van der Waals surface area contributed by atoms with E-state index in [2.05, 4.69) is 11.2 Å². The van der Waals surface area contributed by atoms with Crippen LogP contribution in [-0.4, -0.2) is 34.8 Å². The van der Waals surface area contributed by atoms with Gasteiger partial charge in [0.25, 0.3) is 0 Å². The van der Waals surface area contributed by atoms with Crippen LogP contribution < -0.4 is 9.79 Å². The average Bonchev–Trinajstić information content (AvgIpc) is 1.99. The molecular weight excluding hydrogens is 242 g/mol. The molecule has 14 heavy (non-hydrogen) atoms. The normalized spacial score (nSPS) is 13.1. The van der Waals surface area contributed by atoms with Crippen molar-refractivity contribution in [1.29, 1.82) is 0 Å². The maximum Gasteiger partial charge on any atom is 2.00 e. The van der Waals surface area contributed by atoms with Gasteiger partial charge in [-0.05, 0) is 6.42 Å². The summed E-state index contributed by atoms with van der Waals surface area (Å²) < 4.78 is 21.8. The zero-order valence-corrected chi connectivity index (χ0v) is 11.4. The summed E-state index contributed by atoms with van der Waals surface area (Å²) in [4.78, 5) is 18.6. The smallest absolute Gasteiger partial charge is 0.781 e. The molecule has 0 aliphatic rings. The molecule has 6 nitrogen and oxygen atoms in total. The van der Waals surface area contributed by atoms with Crippen molar-refractivity contribution in [1.82, 2.24) is 0 Å². The van der Waals surface area contributed by atoms with E-state index in [1.54, 1.807) is 0 Å².